The van der Waals surface area contributed by atoms with Gasteiger partial charge < -0.3 is 4.74 Å². The van der Waals surface area contributed by atoms with Crippen LogP contribution in [0.2, 0.25) is 5.02 Å². The molecule has 15 heavy (non-hydrogen) atoms. The Bertz CT molecular complexity index is 358. The number of benzene rings is 1. The average Bonchev–Trinajstić information content (AvgIpc) is 2.28. The van der Waals surface area contributed by atoms with Crippen LogP contribution in [0.4, 0.5) is 0 Å². The molecule has 80 valence electrons. The lowest BCUT2D eigenvalue weighted by atomic mass is 10.1. The summed E-state index contributed by atoms with van der Waals surface area (Å²) in [5.74, 6) is 0. The molecule has 0 heterocycles. The van der Waals surface area contributed by atoms with Crippen molar-refractivity contribution in [3.05, 3.63) is 34.3 Å². The zero-order chi connectivity index (χ0) is 11.7. The second-order valence-corrected chi connectivity index (χ2v) is 3.08. The first kappa shape index (κ1) is 13.5. The minimum Gasteiger partial charge on any atom is -0.471 e. The van der Waals surface area contributed by atoms with E-state index in [1.165, 1.54) is 7.11 Å². The Hall–Kier alpha value is -1.53. The van der Waals surface area contributed by atoms with Crippen LogP contribution in [-0.4, -0.2) is 13.6 Å². The smallest absolute Gasteiger partial charge is 0.292 e. The summed E-state index contributed by atoms with van der Waals surface area (Å²) >= 11 is 5.76. The molecule has 0 radical (unpaired) electrons. The molecular formula is C11H12ClNO2. The van der Waals surface area contributed by atoms with Gasteiger partial charge in [-0.1, -0.05) is 18.5 Å². The Morgan fingerprint density at radius 3 is 2.53 bits per heavy atom. The van der Waals surface area contributed by atoms with E-state index in [1.807, 2.05) is 19.1 Å². The van der Waals surface area contributed by atoms with E-state index in [0.29, 0.717) is 17.1 Å². The van der Waals surface area contributed by atoms with Crippen molar-refractivity contribution in [3.8, 4) is 6.07 Å². The monoisotopic (exact) mass is 225 g/mol. The molecule has 3 nitrogen and oxygen atoms in total. The second kappa shape index (κ2) is 7.84. The highest BCUT2D eigenvalue weighted by Gasteiger charge is 1.96. The number of hydrogen-bond donors (Lipinski definition) is 0. The van der Waals surface area contributed by atoms with Gasteiger partial charge in [0.2, 0.25) is 0 Å². The van der Waals surface area contributed by atoms with Gasteiger partial charge in [0.1, 0.15) is 0 Å². The summed E-state index contributed by atoms with van der Waals surface area (Å²) < 4.78 is 3.86. The van der Waals surface area contributed by atoms with E-state index < -0.39 is 0 Å². The zero-order valence-corrected chi connectivity index (χ0v) is 9.41. The van der Waals surface area contributed by atoms with Crippen LogP contribution in [0.1, 0.15) is 18.1 Å². The van der Waals surface area contributed by atoms with Crippen LogP contribution < -0.4 is 0 Å². The topological polar surface area (TPSA) is 50.1 Å². The largest absolute Gasteiger partial charge is 0.471 e. The van der Waals surface area contributed by atoms with Gasteiger partial charge in [0, 0.05) is 5.02 Å². The van der Waals surface area contributed by atoms with E-state index in [4.69, 9.17) is 21.7 Å². The summed E-state index contributed by atoms with van der Waals surface area (Å²) in [4.78, 5) is 8.95. The molecule has 0 atom stereocenters. The third-order valence-corrected chi connectivity index (χ3v) is 1.81. The SMILES string of the molecule is CCc1cc(Cl)cc(C#N)c1.COC=O. The first-order valence-electron chi connectivity index (χ1n) is 4.33. The van der Waals surface area contributed by atoms with Gasteiger partial charge in [0.05, 0.1) is 18.7 Å². The number of nitriles is 1. The number of carbonyl (C=O) groups excluding carboxylic acids is 1. The first-order chi connectivity index (χ1) is 7.17. The van der Waals surface area contributed by atoms with Gasteiger partial charge in [-0.2, -0.15) is 5.26 Å². The van der Waals surface area contributed by atoms with E-state index in [1.54, 1.807) is 6.07 Å². The number of carbonyl (C=O) groups is 1. The summed E-state index contributed by atoms with van der Waals surface area (Å²) in [7, 11) is 1.31. The predicted octanol–water partition coefficient (Wildman–Crippen LogP) is 2.56. The summed E-state index contributed by atoms with van der Waals surface area (Å²) in [5.41, 5.74) is 1.74. The number of hydrogen-bond acceptors (Lipinski definition) is 3. The Kier molecular flexibility index (Phi) is 7.04. The summed E-state index contributed by atoms with van der Waals surface area (Å²) in [6, 6.07) is 7.46. The molecule has 0 aromatic heterocycles. The van der Waals surface area contributed by atoms with E-state index >= 15 is 0 Å². The molecule has 0 aliphatic carbocycles. The molecule has 0 saturated heterocycles. The van der Waals surface area contributed by atoms with Crippen molar-refractivity contribution in [3.63, 3.8) is 0 Å². The quantitative estimate of drug-likeness (QED) is 0.727. The zero-order valence-electron chi connectivity index (χ0n) is 8.66. The number of ether oxygens (including phenoxy) is 1. The highest BCUT2D eigenvalue weighted by Crippen LogP contribution is 2.14. The Morgan fingerprint density at radius 2 is 2.13 bits per heavy atom. The van der Waals surface area contributed by atoms with Gasteiger partial charge in [-0.25, -0.2) is 0 Å². The minimum absolute atomic E-state index is 0.375. The number of rotatable bonds is 2. The van der Waals surface area contributed by atoms with Crippen LogP contribution in [0, 0.1) is 11.3 Å². The summed E-state index contributed by atoms with van der Waals surface area (Å²) in [6.45, 7) is 2.41. The van der Waals surface area contributed by atoms with Crippen LogP contribution in [-0.2, 0) is 16.0 Å². The fourth-order valence-electron chi connectivity index (χ4n) is 0.919. The van der Waals surface area contributed by atoms with E-state index in [-0.39, 0.29) is 0 Å². The average molecular weight is 226 g/mol. The van der Waals surface area contributed by atoms with Crippen LogP contribution >= 0.6 is 11.6 Å². The number of halogens is 1. The molecule has 4 heteroatoms. The molecule has 0 saturated carbocycles. The molecule has 0 aliphatic rings. The Morgan fingerprint density at radius 1 is 1.53 bits per heavy atom. The van der Waals surface area contributed by atoms with Crippen molar-refractivity contribution < 1.29 is 9.53 Å². The normalized spacial score (nSPS) is 8.13. The van der Waals surface area contributed by atoms with E-state index in [9.17, 15) is 0 Å². The van der Waals surface area contributed by atoms with Crippen LogP contribution in [0.5, 0.6) is 0 Å². The van der Waals surface area contributed by atoms with E-state index in [0.717, 1.165) is 12.0 Å². The Balaban J connectivity index is 0.000000423. The maximum absolute atomic E-state index is 8.95. The minimum atomic E-state index is 0.375. The highest BCUT2D eigenvalue weighted by atomic mass is 35.5. The predicted molar refractivity (Wildman–Crippen MR) is 58.6 cm³/mol. The molecule has 0 aliphatic heterocycles. The molecule has 1 rings (SSSR count). The molecule has 0 fully saturated rings. The van der Waals surface area contributed by atoms with E-state index in [2.05, 4.69) is 10.8 Å². The lowest BCUT2D eigenvalue weighted by Crippen LogP contribution is -1.82. The van der Waals surface area contributed by atoms with Crippen molar-refractivity contribution in [2.75, 3.05) is 7.11 Å². The molecule has 0 spiro atoms. The molecular weight excluding hydrogens is 214 g/mol. The standard InChI is InChI=1S/C9H8ClN.C2H4O2/c1-2-7-3-8(6-11)5-9(10)4-7;1-4-2-3/h3-5H,2H2,1H3;2H,1H3. The fourth-order valence-corrected chi connectivity index (χ4v) is 1.18. The van der Waals surface area contributed by atoms with Crippen molar-refractivity contribution >= 4 is 18.1 Å². The van der Waals surface area contributed by atoms with Crippen molar-refractivity contribution in [1.29, 1.82) is 5.26 Å². The number of nitrogens with zero attached hydrogens (tertiary/aromatic N) is 1. The van der Waals surface area contributed by atoms with Gasteiger partial charge in [-0.15, -0.1) is 0 Å². The molecule has 0 N–H and O–H groups in total. The maximum Gasteiger partial charge on any atom is 0.292 e. The third kappa shape index (κ3) is 5.71. The van der Waals surface area contributed by atoms with Crippen molar-refractivity contribution in [2.24, 2.45) is 0 Å². The summed E-state index contributed by atoms with van der Waals surface area (Å²) in [5, 5.41) is 9.21. The van der Waals surface area contributed by atoms with Gasteiger partial charge in [0.25, 0.3) is 6.47 Å². The molecule has 0 bridgehead atoms. The van der Waals surface area contributed by atoms with Crippen LogP contribution in [0.25, 0.3) is 0 Å². The first-order valence-corrected chi connectivity index (χ1v) is 4.71. The second-order valence-electron chi connectivity index (χ2n) is 2.65. The van der Waals surface area contributed by atoms with Crippen molar-refractivity contribution in [1.82, 2.24) is 0 Å². The fraction of sp³-hybridized carbons (Fsp3) is 0.273. The van der Waals surface area contributed by atoms with Gasteiger partial charge >= 0.3 is 0 Å². The lowest BCUT2D eigenvalue weighted by molar-refractivity contribution is -0.126. The van der Waals surface area contributed by atoms with Crippen LogP contribution in [0.15, 0.2) is 18.2 Å². The Labute approximate surface area is 94.2 Å². The third-order valence-electron chi connectivity index (χ3n) is 1.59. The van der Waals surface area contributed by atoms with Gasteiger partial charge in [-0.3, -0.25) is 4.79 Å². The summed E-state index contributed by atoms with van der Waals surface area (Å²) in [6.07, 6.45) is 0.912. The molecule has 0 amide bonds. The van der Waals surface area contributed by atoms with Crippen LogP contribution in [0.3, 0.4) is 0 Å². The number of methoxy groups -OCH3 is 1. The molecule has 1 aromatic rings. The van der Waals surface area contributed by atoms with Crippen molar-refractivity contribution in [2.45, 2.75) is 13.3 Å². The highest BCUT2D eigenvalue weighted by molar-refractivity contribution is 6.30. The molecule has 1 aromatic carbocycles. The molecule has 0 unspecified atom stereocenters. The van der Waals surface area contributed by atoms with Gasteiger partial charge in [-0.05, 0) is 30.2 Å². The lowest BCUT2D eigenvalue weighted by Gasteiger charge is -1.97. The van der Waals surface area contributed by atoms with Gasteiger partial charge in [0.15, 0.2) is 0 Å². The number of aryl methyl sites for hydroxylation is 1. The maximum atomic E-state index is 8.95.